The van der Waals surface area contributed by atoms with Crippen LogP contribution in [-0.4, -0.2) is 6.71 Å². The Morgan fingerprint density at radius 3 is 1.94 bits per heavy atom. The quantitative estimate of drug-likeness (QED) is 0.183. The van der Waals surface area contributed by atoms with Gasteiger partial charge in [-0.2, -0.15) is 0 Å². The first-order chi connectivity index (χ1) is 23.2. The van der Waals surface area contributed by atoms with Gasteiger partial charge in [0.05, 0.1) is 17.1 Å². The van der Waals surface area contributed by atoms with E-state index in [0.29, 0.717) is 0 Å². The van der Waals surface area contributed by atoms with Gasteiger partial charge in [-0.3, -0.25) is 0 Å². The monoisotopic (exact) mass is 612 g/mol. The van der Waals surface area contributed by atoms with Gasteiger partial charge in [-0.05, 0) is 92.9 Å². The highest BCUT2D eigenvalue weighted by atomic mass is 16.4. The van der Waals surface area contributed by atoms with Gasteiger partial charge in [-0.15, -0.1) is 0 Å². The van der Waals surface area contributed by atoms with Crippen LogP contribution in [0.5, 0.6) is 0 Å². The van der Waals surface area contributed by atoms with Gasteiger partial charge in [0, 0.05) is 51.8 Å². The van der Waals surface area contributed by atoms with Crippen LogP contribution in [0.25, 0.3) is 21.9 Å². The van der Waals surface area contributed by atoms with Crippen LogP contribution in [0.4, 0.5) is 34.1 Å². The Kier molecular flexibility index (Phi) is 5.25. The van der Waals surface area contributed by atoms with Crippen LogP contribution in [0.15, 0.2) is 98.2 Å². The zero-order valence-corrected chi connectivity index (χ0v) is 26.4. The minimum atomic E-state index is -0.118. The molecule has 11 rings (SSSR count). The maximum Gasteiger partial charge on any atom is 0.342 e. The lowest BCUT2D eigenvalue weighted by Gasteiger charge is -2.41. The molecule has 5 heterocycles. The van der Waals surface area contributed by atoms with E-state index in [1.165, 1.54) is 64.2 Å². The molecule has 228 valence electrons. The van der Waals surface area contributed by atoms with Gasteiger partial charge in [0.1, 0.15) is 28.4 Å². The van der Waals surface area contributed by atoms with Crippen LogP contribution >= 0.6 is 0 Å². The standard InChI is InChI=1S/C41H33BN2O3/c1-24-22-31-36-32(23-24)44(30-18-11-17-27-26-14-5-8-19-33(26)45-39(27)30)38-29-16-7-10-21-35(29)47-41(38)42(36)40-37(28-15-6-9-20-34(28)46-40)43(31)25-12-3-2-4-13-25/h2-5,8,11-14,17-19,22-23H,6-7,9-10,15-16,20-21H2,1H3. The Morgan fingerprint density at radius 1 is 0.574 bits per heavy atom. The van der Waals surface area contributed by atoms with E-state index in [-0.39, 0.29) is 6.71 Å². The van der Waals surface area contributed by atoms with Crippen molar-refractivity contribution < 1.29 is 13.3 Å². The lowest BCUT2D eigenvalue weighted by atomic mass is 9.37. The molecule has 2 aliphatic heterocycles. The number of aryl methyl sites for hydroxylation is 3. The van der Waals surface area contributed by atoms with E-state index in [4.69, 9.17) is 13.3 Å². The zero-order valence-electron chi connectivity index (χ0n) is 26.4. The van der Waals surface area contributed by atoms with Crippen molar-refractivity contribution in [2.24, 2.45) is 0 Å². The number of rotatable bonds is 2. The van der Waals surface area contributed by atoms with Crippen molar-refractivity contribution in [3.63, 3.8) is 0 Å². The second kappa shape index (κ2) is 9.48. The van der Waals surface area contributed by atoms with E-state index in [1.54, 1.807) is 0 Å². The molecule has 47 heavy (non-hydrogen) atoms. The summed E-state index contributed by atoms with van der Waals surface area (Å²) in [5.74, 6) is 2.29. The van der Waals surface area contributed by atoms with Crippen molar-refractivity contribution in [1.82, 2.24) is 0 Å². The molecule has 0 spiro atoms. The summed E-state index contributed by atoms with van der Waals surface area (Å²) in [4.78, 5) is 4.96. The summed E-state index contributed by atoms with van der Waals surface area (Å²) in [5.41, 5.74) is 16.1. The Morgan fingerprint density at radius 2 is 1.19 bits per heavy atom. The first kappa shape index (κ1) is 26.0. The number of hydrogen-bond donors (Lipinski definition) is 0. The van der Waals surface area contributed by atoms with E-state index >= 15 is 0 Å². The number of fused-ring (bicyclic) bond motifs is 11. The molecule has 3 aromatic heterocycles. The van der Waals surface area contributed by atoms with Crippen LogP contribution in [0.2, 0.25) is 0 Å². The minimum Gasteiger partial charge on any atom is -0.473 e. The molecular formula is C41H33BN2O3. The third kappa shape index (κ3) is 3.45. The summed E-state index contributed by atoms with van der Waals surface area (Å²) in [6, 6.07) is 30.6. The van der Waals surface area contributed by atoms with Crippen LogP contribution in [0, 0.1) is 6.92 Å². The summed E-state index contributed by atoms with van der Waals surface area (Å²) in [7, 11) is 0. The van der Waals surface area contributed by atoms with Gasteiger partial charge in [0.25, 0.3) is 0 Å². The fourth-order valence-electron chi connectivity index (χ4n) is 9.07. The smallest absolute Gasteiger partial charge is 0.342 e. The number of hydrogen-bond acceptors (Lipinski definition) is 5. The van der Waals surface area contributed by atoms with Gasteiger partial charge in [0.2, 0.25) is 0 Å². The van der Waals surface area contributed by atoms with Crippen molar-refractivity contribution in [3.05, 3.63) is 113 Å². The lowest BCUT2D eigenvalue weighted by Crippen LogP contribution is -2.60. The second-order valence-electron chi connectivity index (χ2n) is 13.8. The molecule has 7 aromatic rings. The molecule has 2 aliphatic carbocycles. The fraction of sp³-hybridized carbons (Fsp3) is 0.220. The number of furan rings is 3. The van der Waals surface area contributed by atoms with Crippen molar-refractivity contribution in [1.29, 1.82) is 0 Å². The Labute approximate surface area is 273 Å². The molecule has 0 bridgehead atoms. The molecule has 0 saturated carbocycles. The van der Waals surface area contributed by atoms with Crippen molar-refractivity contribution >= 4 is 79.6 Å². The Balaban J connectivity index is 1.27. The molecule has 4 aliphatic rings. The minimum absolute atomic E-state index is 0.118. The van der Waals surface area contributed by atoms with Crippen LogP contribution in [0.1, 0.15) is 53.9 Å². The van der Waals surface area contributed by atoms with Gasteiger partial charge in [-0.1, -0.05) is 48.5 Å². The molecular weight excluding hydrogens is 579 g/mol. The summed E-state index contributed by atoms with van der Waals surface area (Å²) in [5, 5.41) is 2.27. The normalized spacial score (nSPS) is 16.2. The zero-order chi connectivity index (χ0) is 30.8. The third-order valence-corrected chi connectivity index (χ3v) is 11.0. The summed E-state index contributed by atoms with van der Waals surface area (Å²) < 4.78 is 20.9. The molecule has 0 N–H and O–H groups in total. The molecule has 0 fully saturated rings. The average Bonchev–Trinajstić information content (AvgIpc) is 3.80. The van der Waals surface area contributed by atoms with E-state index in [2.05, 4.69) is 102 Å². The number of nitrogens with zero attached hydrogens (tertiary/aromatic N) is 2. The van der Waals surface area contributed by atoms with Gasteiger partial charge in [-0.25, -0.2) is 0 Å². The highest BCUT2D eigenvalue weighted by molar-refractivity contribution is 6.99. The molecule has 4 aromatic carbocycles. The third-order valence-electron chi connectivity index (χ3n) is 11.0. The summed E-state index contributed by atoms with van der Waals surface area (Å²) >= 11 is 0. The summed E-state index contributed by atoms with van der Waals surface area (Å²) in [6.07, 6.45) is 8.69. The number of para-hydroxylation sites is 3. The molecule has 0 saturated heterocycles. The first-order valence-electron chi connectivity index (χ1n) is 17.2. The Bertz CT molecular complexity index is 2410. The van der Waals surface area contributed by atoms with Gasteiger partial charge >= 0.3 is 6.71 Å². The van der Waals surface area contributed by atoms with Gasteiger partial charge in [0.15, 0.2) is 5.58 Å². The molecule has 0 radical (unpaired) electrons. The second-order valence-corrected chi connectivity index (χ2v) is 13.8. The average molecular weight is 613 g/mol. The number of anilines is 6. The molecule has 6 heteroatoms. The highest BCUT2D eigenvalue weighted by Gasteiger charge is 2.51. The molecule has 0 atom stereocenters. The Hall–Kier alpha value is -5.10. The first-order valence-corrected chi connectivity index (χ1v) is 17.2. The maximum atomic E-state index is 7.11. The predicted octanol–water partition coefficient (Wildman–Crippen LogP) is 8.92. The molecule has 0 amide bonds. The van der Waals surface area contributed by atoms with Crippen molar-refractivity contribution in [2.45, 2.75) is 58.3 Å². The predicted molar refractivity (Wildman–Crippen MR) is 190 cm³/mol. The summed E-state index contributed by atoms with van der Waals surface area (Å²) in [6.45, 7) is 2.11. The largest absolute Gasteiger partial charge is 0.473 e. The maximum absolute atomic E-state index is 7.11. The van der Waals surface area contributed by atoms with Crippen LogP contribution in [0.3, 0.4) is 0 Å². The number of benzene rings is 4. The van der Waals surface area contributed by atoms with E-state index in [0.717, 1.165) is 88.3 Å². The lowest BCUT2D eigenvalue weighted by molar-refractivity contribution is 0.491. The fourth-order valence-corrected chi connectivity index (χ4v) is 9.07. The van der Waals surface area contributed by atoms with Gasteiger partial charge < -0.3 is 23.1 Å². The highest BCUT2D eigenvalue weighted by Crippen LogP contribution is 2.51. The molecule has 0 unspecified atom stereocenters. The van der Waals surface area contributed by atoms with Crippen LogP contribution in [-0.2, 0) is 25.7 Å². The topological polar surface area (TPSA) is 45.9 Å². The van der Waals surface area contributed by atoms with E-state index in [1.807, 2.05) is 0 Å². The molecule has 5 nitrogen and oxygen atoms in total. The SMILES string of the molecule is Cc1cc2c3c(c1)N(c1cccc4c1oc1ccccc14)c1c(oc4c1CCCC4)B3c1oc3c(c1N2c1ccccc1)CCCC3. The van der Waals surface area contributed by atoms with E-state index < -0.39 is 0 Å². The van der Waals surface area contributed by atoms with E-state index in [9.17, 15) is 0 Å². The van der Waals surface area contributed by atoms with Crippen LogP contribution < -0.4 is 26.6 Å². The van der Waals surface area contributed by atoms with Crippen molar-refractivity contribution in [3.8, 4) is 0 Å². The van der Waals surface area contributed by atoms with Crippen molar-refractivity contribution in [2.75, 3.05) is 9.80 Å².